The van der Waals surface area contributed by atoms with Crippen molar-refractivity contribution < 1.29 is 13.5 Å². The highest BCUT2D eigenvalue weighted by molar-refractivity contribution is 5.70. The lowest BCUT2D eigenvalue weighted by Crippen LogP contribution is -2.14. The predicted molar refractivity (Wildman–Crippen MR) is 122 cm³/mol. The molecule has 2 aromatic rings. The number of ether oxygens (including phenoxy) is 1. The van der Waals surface area contributed by atoms with Crippen LogP contribution in [0.2, 0.25) is 0 Å². The van der Waals surface area contributed by atoms with Gasteiger partial charge < -0.3 is 4.74 Å². The monoisotopic (exact) mass is 412 g/mol. The van der Waals surface area contributed by atoms with Gasteiger partial charge in [0.05, 0.1) is 6.61 Å². The molecular formula is C27H34F2O. The van der Waals surface area contributed by atoms with Gasteiger partial charge in [-0.1, -0.05) is 70.4 Å². The molecule has 162 valence electrons. The lowest BCUT2D eigenvalue weighted by molar-refractivity contribution is 0.265. The van der Waals surface area contributed by atoms with E-state index in [0.717, 1.165) is 29.9 Å². The van der Waals surface area contributed by atoms with Crippen LogP contribution in [0.4, 0.5) is 8.78 Å². The molecule has 0 bridgehead atoms. The molecule has 30 heavy (non-hydrogen) atoms. The second kappa shape index (κ2) is 10.7. The van der Waals surface area contributed by atoms with E-state index in [-0.39, 0.29) is 11.3 Å². The second-order valence-electron chi connectivity index (χ2n) is 8.65. The molecule has 3 heteroatoms. The van der Waals surface area contributed by atoms with Crippen molar-refractivity contribution in [3.05, 3.63) is 60.2 Å². The molecule has 0 N–H and O–H groups in total. The molecule has 0 unspecified atom stereocenters. The largest absolute Gasteiger partial charge is 0.490 e. The first-order valence-electron chi connectivity index (χ1n) is 11.4. The van der Waals surface area contributed by atoms with E-state index in [1.165, 1.54) is 44.6 Å². The molecule has 0 saturated heterocycles. The summed E-state index contributed by atoms with van der Waals surface area (Å²) in [5, 5.41) is 0. The van der Waals surface area contributed by atoms with E-state index in [1.807, 2.05) is 31.2 Å². The Bertz CT molecular complexity index is 833. The summed E-state index contributed by atoms with van der Waals surface area (Å²) in [6.45, 7) is 8.86. The summed E-state index contributed by atoms with van der Waals surface area (Å²) >= 11 is 0. The van der Waals surface area contributed by atoms with Crippen LogP contribution in [0, 0.1) is 23.5 Å². The Morgan fingerprint density at radius 1 is 0.900 bits per heavy atom. The van der Waals surface area contributed by atoms with Crippen molar-refractivity contribution in [3.63, 3.8) is 0 Å². The smallest absolute Gasteiger partial charge is 0.201 e. The lowest BCUT2D eigenvalue weighted by atomic mass is 9.77. The number of hydrogen-bond donors (Lipinski definition) is 0. The standard InChI is InChI=1S/C27H34F2O/c1-4-6-20-7-9-21(10-8-20)18-19(3)22-11-13-23(14-12-22)24-15-16-25(30-17-5-2)27(29)26(24)28/h11-16,20-21H,3-10,17-18H2,1-2H3/t20-,21-. The molecule has 1 aliphatic rings. The molecular weight excluding hydrogens is 378 g/mol. The first-order valence-corrected chi connectivity index (χ1v) is 11.4. The van der Waals surface area contributed by atoms with E-state index in [9.17, 15) is 8.78 Å². The van der Waals surface area contributed by atoms with Gasteiger partial charge >= 0.3 is 0 Å². The number of halogens is 2. The van der Waals surface area contributed by atoms with E-state index in [0.29, 0.717) is 18.1 Å². The van der Waals surface area contributed by atoms with E-state index in [1.54, 1.807) is 6.07 Å². The Hall–Kier alpha value is -2.16. The number of hydrogen-bond acceptors (Lipinski definition) is 1. The number of benzene rings is 2. The summed E-state index contributed by atoms with van der Waals surface area (Å²) in [4.78, 5) is 0. The normalized spacial score (nSPS) is 18.9. The maximum absolute atomic E-state index is 14.6. The molecule has 0 aromatic heterocycles. The van der Waals surface area contributed by atoms with Crippen molar-refractivity contribution in [1.29, 1.82) is 0 Å². The van der Waals surface area contributed by atoms with Crippen LogP contribution in [-0.2, 0) is 0 Å². The molecule has 0 atom stereocenters. The van der Waals surface area contributed by atoms with Gasteiger partial charge in [0.2, 0.25) is 5.82 Å². The van der Waals surface area contributed by atoms with Crippen molar-refractivity contribution in [3.8, 4) is 16.9 Å². The van der Waals surface area contributed by atoms with Crippen molar-refractivity contribution in [2.24, 2.45) is 11.8 Å². The minimum Gasteiger partial charge on any atom is -0.490 e. The highest BCUT2D eigenvalue weighted by Crippen LogP contribution is 2.37. The minimum absolute atomic E-state index is 0.0308. The predicted octanol–water partition coefficient (Wildman–Crippen LogP) is 8.43. The van der Waals surface area contributed by atoms with E-state index < -0.39 is 11.6 Å². The van der Waals surface area contributed by atoms with Gasteiger partial charge in [-0.05, 0) is 66.4 Å². The van der Waals surface area contributed by atoms with Crippen LogP contribution in [0.15, 0.2) is 43.0 Å². The molecule has 1 saturated carbocycles. The van der Waals surface area contributed by atoms with Gasteiger partial charge in [0.25, 0.3) is 0 Å². The fourth-order valence-corrected chi connectivity index (χ4v) is 4.56. The Balaban J connectivity index is 1.64. The van der Waals surface area contributed by atoms with Crippen molar-refractivity contribution in [2.75, 3.05) is 6.61 Å². The molecule has 3 rings (SSSR count). The van der Waals surface area contributed by atoms with Crippen LogP contribution in [-0.4, -0.2) is 6.61 Å². The minimum atomic E-state index is -0.923. The van der Waals surface area contributed by atoms with Crippen LogP contribution in [0.1, 0.15) is 70.8 Å². The highest BCUT2D eigenvalue weighted by Gasteiger charge is 2.21. The van der Waals surface area contributed by atoms with Crippen molar-refractivity contribution in [2.45, 2.75) is 65.2 Å². The van der Waals surface area contributed by atoms with Gasteiger partial charge in [0.1, 0.15) is 0 Å². The quantitative estimate of drug-likeness (QED) is 0.401. The first kappa shape index (κ1) is 22.5. The summed E-state index contributed by atoms with van der Waals surface area (Å²) in [6, 6.07) is 10.7. The zero-order valence-corrected chi connectivity index (χ0v) is 18.4. The molecule has 0 amide bonds. The molecule has 0 spiro atoms. The first-order chi connectivity index (χ1) is 14.5. The summed E-state index contributed by atoms with van der Waals surface area (Å²) in [5.41, 5.74) is 3.13. The molecule has 1 fully saturated rings. The SMILES string of the molecule is C=C(C[C@H]1CC[C@H](CCC)CC1)c1ccc(-c2ccc(OCCC)c(F)c2F)cc1. The zero-order chi connectivity index (χ0) is 21.5. The second-order valence-corrected chi connectivity index (χ2v) is 8.65. The van der Waals surface area contributed by atoms with Gasteiger partial charge in [-0.3, -0.25) is 0 Å². The van der Waals surface area contributed by atoms with Crippen LogP contribution in [0.3, 0.4) is 0 Å². The van der Waals surface area contributed by atoms with E-state index >= 15 is 0 Å². The van der Waals surface area contributed by atoms with Crippen molar-refractivity contribution >= 4 is 5.57 Å². The van der Waals surface area contributed by atoms with Crippen LogP contribution in [0.25, 0.3) is 16.7 Å². The topological polar surface area (TPSA) is 9.23 Å². The fourth-order valence-electron chi connectivity index (χ4n) is 4.56. The van der Waals surface area contributed by atoms with E-state index in [4.69, 9.17) is 4.74 Å². The van der Waals surface area contributed by atoms with Crippen molar-refractivity contribution in [1.82, 2.24) is 0 Å². The fraction of sp³-hybridized carbons (Fsp3) is 0.481. The third-order valence-corrected chi connectivity index (χ3v) is 6.31. The zero-order valence-electron chi connectivity index (χ0n) is 18.4. The Morgan fingerprint density at radius 3 is 2.20 bits per heavy atom. The van der Waals surface area contributed by atoms with Gasteiger partial charge in [0.15, 0.2) is 11.6 Å². The molecule has 1 aliphatic carbocycles. The van der Waals surface area contributed by atoms with Crippen LogP contribution < -0.4 is 4.74 Å². The summed E-state index contributed by atoms with van der Waals surface area (Å²) in [7, 11) is 0. The lowest BCUT2D eigenvalue weighted by Gasteiger charge is -2.28. The molecule has 2 aromatic carbocycles. The summed E-state index contributed by atoms with van der Waals surface area (Å²) in [5.74, 6) is -0.191. The van der Waals surface area contributed by atoms with Crippen LogP contribution in [0.5, 0.6) is 5.75 Å². The summed E-state index contributed by atoms with van der Waals surface area (Å²) < 4.78 is 34.1. The molecule has 1 nitrogen and oxygen atoms in total. The number of allylic oxidation sites excluding steroid dienone is 1. The van der Waals surface area contributed by atoms with Gasteiger partial charge in [0, 0.05) is 5.56 Å². The van der Waals surface area contributed by atoms with E-state index in [2.05, 4.69) is 13.5 Å². The highest BCUT2D eigenvalue weighted by atomic mass is 19.2. The average Bonchev–Trinajstić information content (AvgIpc) is 2.76. The molecule has 0 radical (unpaired) electrons. The maximum atomic E-state index is 14.6. The Morgan fingerprint density at radius 2 is 1.57 bits per heavy atom. The maximum Gasteiger partial charge on any atom is 0.201 e. The third-order valence-electron chi connectivity index (χ3n) is 6.31. The average molecular weight is 413 g/mol. The van der Waals surface area contributed by atoms with Crippen LogP contribution >= 0.6 is 0 Å². The van der Waals surface area contributed by atoms with Gasteiger partial charge in [-0.25, -0.2) is 4.39 Å². The Labute approximate surface area is 180 Å². The summed E-state index contributed by atoms with van der Waals surface area (Å²) in [6.07, 6.45) is 9.67. The third kappa shape index (κ3) is 5.50. The molecule has 0 heterocycles. The van der Waals surface area contributed by atoms with Gasteiger partial charge in [-0.15, -0.1) is 0 Å². The number of rotatable bonds is 9. The molecule has 0 aliphatic heterocycles. The Kier molecular flexibility index (Phi) is 8.07. The van der Waals surface area contributed by atoms with Gasteiger partial charge in [-0.2, -0.15) is 4.39 Å².